The van der Waals surface area contributed by atoms with Crippen LogP contribution in [0.3, 0.4) is 0 Å². The molecule has 0 spiro atoms. The van der Waals surface area contributed by atoms with E-state index in [0.717, 1.165) is 43.5 Å². The predicted molar refractivity (Wildman–Crippen MR) is 112 cm³/mol. The van der Waals surface area contributed by atoms with Crippen molar-refractivity contribution in [1.29, 1.82) is 0 Å². The molecule has 0 amide bonds. The van der Waals surface area contributed by atoms with Gasteiger partial charge in [-0.25, -0.2) is 0 Å². The minimum absolute atomic E-state index is 0.495. The maximum atomic E-state index is 6.12. The Kier molecular flexibility index (Phi) is 7.12. The van der Waals surface area contributed by atoms with E-state index in [9.17, 15) is 0 Å². The Hall–Kier alpha value is -2.05. The van der Waals surface area contributed by atoms with Crippen LogP contribution in [0.15, 0.2) is 35.3 Å². The monoisotopic (exact) mass is 387 g/mol. The lowest BCUT2D eigenvalue weighted by Crippen LogP contribution is -2.36. The van der Waals surface area contributed by atoms with E-state index in [1.54, 1.807) is 18.4 Å². The molecule has 1 aliphatic rings. The van der Waals surface area contributed by atoms with Gasteiger partial charge < -0.3 is 20.1 Å². The Morgan fingerprint density at radius 3 is 2.78 bits per heavy atom. The Bertz CT molecular complexity index is 767. The van der Waals surface area contributed by atoms with E-state index in [1.165, 1.54) is 15.3 Å². The standard InChI is InChI=1S/C21H29N3O2S/c1-15-4-6-18(20(10-15)26-14-17-8-9-25-13-17)11-23-21(22-3)24-12-19-7-5-16(2)27-19/h4-7,10,17H,8-9,11-14H2,1-3H3,(H2,22,23,24). The minimum Gasteiger partial charge on any atom is -0.493 e. The molecule has 1 aliphatic heterocycles. The van der Waals surface area contributed by atoms with Gasteiger partial charge in [0.15, 0.2) is 5.96 Å². The summed E-state index contributed by atoms with van der Waals surface area (Å²) in [5.74, 6) is 2.23. The van der Waals surface area contributed by atoms with Gasteiger partial charge in [-0.05, 0) is 44.0 Å². The van der Waals surface area contributed by atoms with E-state index in [2.05, 4.69) is 59.8 Å². The summed E-state index contributed by atoms with van der Waals surface area (Å²) in [6.45, 7) is 8.02. The number of hydrogen-bond donors (Lipinski definition) is 2. The molecule has 0 aliphatic carbocycles. The zero-order chi connectivity index (χ0) is 19.1. The highest BCUT2D eigenvalue weighted by atomic mass is 32.1. The summed E-state index contributed by atoms with van der Waals surface area (Å²) in [5.41, 5.74) is 2.33. The van der Waals surface area contributed by atoms with Crippen LogP contribution in [0.5, 0.6) is 5.75 Å². The first kappa shape index (κ1) is 19.7. The quantitative estimate of drug-likeness (QED) is 0.562. The third kappa shape index (κ3) is 5.97. The molecule has 3 rings (SSSR count). The highest BCUT2D eigenvalue weighted by Gasteiger charge is 2.17. The van der Waals surface area contributed by atoms with E-state index in [-0.39, 0.29) is 0 Å². The van der Waals surface area contributed by atoms with Crippen molar-refractivity contribution in [2.75, 3.05) is 26.9 Å². The number of guanidine groups is 1. The molecule has 6 heteroatoms. The first-order valence-corrected chi connectivity index (χ1v) is 10.3. The van der Waals surface area contributed by atoms with Crippen molar-refractivity contribution in [3.8, 4) is 5.75 Å². The van der Waals surface area contributed by atoms with Gasteiger partial charge in [0.25, 0.3) is 0 Å². The van der Waals surface area contributed by atoms with Crippen molar-refractivity contribution in [2.24, 2.45) is 10.9 Å². The number of nitrogens with zero attached hydrogens (tertiary/aromatic N) is 1. The zero-order valence-electron chi connectivity index (χ0n) is 16.4. The van der Waals surface area contributed by atoms with Crippen molar-refractivity contribution < 1.29 is 9.47 Å². The molecular weight excluding hydrogens is 358 g/mol. The van der Waals surface area contributed by atoms with E-state index >= 15 is 0 Å². The smallest absolute Gasteiger partial charge is 0.191 e. The maximum absolute atomic E-state index is 6.12. The lowest BCUT2D eigenvalue weighted by atomic mass is 10.1. The van der Waals surface area contributed by atoms with Gasteiger partial charge in [-0.1, -0.05) is 12.1 Å². The third-order valence-electron chi connectivity index (χ3n) is 4.62. The van der Waals surface area contributed by atoms with Crippen molar-refractivity contribution in [3.05, 3.63) is 51.2 Å². The molecular formula is C21H29N3O2S. The summed E-state index contributed by atoms with van der Waals surface area (Å²) in [4.78, 5) is 6.95. The maximum Gasteiger partial charge on any atom is 0.191 e. The Morgan fingerprint density at radius 1 is 1.22 bits per heavy atom. The second kappa shape index (κ2) is 9.76. The summed E-state index contributed by atoms with van der Waals surface area (Å²) in [7, 11) is 1.79. The van der Waals surface area contributed by atoms with Gasteiger partial charge in [-0.15, -0.1) is 11.3 Å². The van der Waals surface area contributed by atoms with Crippen LogP contribution in [-0.4, -0.2) is 32.8 Å². The van der Waals surface area contributed by atoms with Gasteiger partial charge in [0.1, 0.15) is 5.75 Å². The SMILES string of the molecule is CN=C(NCc1ccc(C)s1)NCc1ccc(C)cc1OCC1CCOC1. The largest absolute Gasteiger partial charge is 0.493 e. The Morgan fingerprint density at radius 2 is 2.07 bits per heavy atom. The van der Waals surface area contributed by atoms with Gasteiger partial charge in [0.05, 0.1) is 19.8 Å². The van der Waals surface area contributed by atoms with Crippen LogP contribution < -0.4 is 15.4 Å². The summed E-state index contributed by atoms with van der Waals surface area (Å²) in [6, 6.07) is 10.6. The first-order chi connectivity index (χ1) is 13.1. The van der Waals surface area contributed by atoms with Crippen molar-refractivity contribution >= 4 is 17.3 Å². The molecule has 2 heterocycles. The van der Waals surface area contributed by atoms with Crippen molar-refractivity contribution in [1.82, 2.24) is 10.6 Å². The molecule has 1 aromatic carbocycles. The second-order valence-corrected chi connectivity index (χ2v) is 8.32. The third-order valence-corrected chi connectivity index (χ3v) is 5.62. The number of hydrogen-bond acceptors (Lipinski definition) is 4. The Labute approximate surface area is 165 Å². The van der Waals surface area contributed by atoms with Crippen LogP contribution >= 0.6 is 11.3 Å². The van der Waals surface area contributed by atoms with Crippen LogP contribution in [0.25, 0.3) is 0 Å². The molecule has 2 N–H and O–H groups in total. The topological polar surface area (TPSA) is 54.9 Å². The number of benzene rings is 1. The van der Waals surface area contributed by atoms with E-state index < -0.39 is 0 Å². The summed E-state index contributed by atoms with van der Waals surface area (Å²) >= 11 is 1.80. The molecule has 1 unspecified atom stereocenters. The number of nitrogens with one attached hydrogen (secondary N) is 2. The molecule has 2 aromatic rings. The molecule has 1 atom stereocenters. The van der Waals surface area contributed by atoms with E-state index in [4.69, 9.17) is 9.47 Å². The summed E-state index contributed by atoms with van der Waals surface area (Å²) < 4.78 is 11.6. The predicted octanol–water partition coefficient (Wildman–Crippen LogP) is 3.65. The number of ether oxygens (including phenoxy) is 2. The molecule has 1 saturated heterocycles. The average Bonchev–Trinajstić information content (AvgIpc) is 3.33. The zero-order valence-corrected chi connectivity index (χ0v) is 17.2. The lowest BCUT2D eigenvalue weighted by Gasteiger charge is -2.16. The fourth-order valence-electron chi connectivity index (χ4n) is 3.02. The fourth-order valence-corrected chi connectivity index (χ4v) is 3.85. The molecule has 1 aromatic heterocycles. The summed E-state index contributed by atoms with van der Waals surface area (Å²) in [6.07, 6.45) is 1.08. The number of rotatable bonds is 7. The highest BCUT2D eigenvalue weighted by Crippen LogP contribution is 2.22. The number of aryl methyl sites for hydroxylation is 2. The van der Waals surface area contributed by atoms with Gasteiger partial charge in [-0.2, -0.15) is 0 Å². The van der Waals surface area contributed by atoms with Gasteiger partial charge >= 0.3 is 0 Å². The number of thiophene rings is 1. The van der Waals surface area contributed by atoms with Crippen LogP contribution in [0.4, 0.5) is 0 Å². The summed E-state index contributed by atoms with van der Waals surface area (Å²) in [5, 5.41) is 6.76. The fraction of sp³-hybridized carbons (Fsp3) is 0.476. The molecule has 1 fully saturated rings. The molecule has 27 heavy (non-hydrogen) atoms. The first-order valence-electron chi connectivity index (χ1n) is 9.44. The van der Waals surface area contributed by atoms with Crippen LogP contribution in [0.2, 0.25) is 0 Å². The molecule has 0 saturated carbocycles. The van der Waals surface area contributed by atoms with Crippen molar-refractivity contribution in [2.45, 2.75) is 33.4 Å². The number of aliphatic imine (C=N–C) groups is 1. The van der Waals surface area contributed by atoms with Crippen LogP contribution in [0, 0.1) is 19.8 Å². The molecule has 5 nitrogen and oxygen atoms in total. The minimum atomic E-state index is 0.495. The van der Waals surface area contributed by atoms with Crippen molar-refractivity contribution in [3.63, 3.8) is 0 Å². The highest BCUT2D eigenvalue weighted by molar-refractivity contribution is 7.11. The Balaban J connectivity index is 1.55. The normalized spacial score (nSPS) is 17.1. The van der Waals surface area contributed by atoms with E-state index in [1.807, 2.05) is 0 Å². The average molecular weight is 388 g/mol. The lowest BCUT2D eigenvalue weighted by molar-refractivity contribution is 0.166. The molecule has 146 valence electrons. The van der Waals surface area contributed by atoms with Gasteiger partial charge in [0.2, 0.25) is 0 Å². The van der Waals surface area contributed by atoms with E-state index in [0.29, 0.717) is 19.1 Å². The van der Waals surface area contributed by atoms with Crippen LogP contribution in [0.1, 0.15) is 27.3 Å². The van der Waals surface area contributed by atoms with Gasteiger partial charge in [-0.3, -0.25) is 4.99 Å². The molecule has 0 bridgehead atoms. The van der Waals surface area contributed by atoms with Gasteiger partial charge in [0, 0.05) is 41.4 Å². The second-order valence-electron chi connectivity index (χ2n) is 6.94. The van der Waals surface area contributed by atoms with Crippen LogP contribution in [-0.2, 0) is 17.8 Å². The molecule has 0 radical (unpaired) electrons.